The van der Waals surface area contributed by atoms with E-state index in [-0.39, 0.29) is 5.91 Å². The number of carbonyl (C=O) groups is 1. The van der Waals surface area contributed by atoms with Gasteiger partial charge in [0, 0.05) is 47.0 Å². The van der Waals surface area contributed by atoms with Gasteiger partial charge < -0.3 is 14.2 Å². The highest BCUT2D eigenvalue weighted by molar-refractivity contribution is 6.30. The Morgan fingerprint density at radius 3 is 2.82 bits per heavy atom. The first-order valence-electron chi connectivity index (χ1n) is 9.35. The summed E-state index contributed by atoms with van der Waals surface area (Å²) in [6, 6.07) is 13.7. The van der Waals surface area contributed by atoms with Crippen molar-refractivity contribution in [3.63, 3.8) is 0 Å². The average molecular weight is 396 g/mol. The summed E-state index contributed by atoms with van der Waals surface area (Å²) in [5.74, 6) is 0.109. The van der Waals surface area contributed by atoms with Crippen molar-refractivity contribution in [2.75, 3.05) is 26.3 Å². The number of fused-ring (bicyclic) bond motifs is 1. The van der Waals surface area contributed by atoms with E-state index in [9.17, 15) is 4.79 Å². The fourth-order valence-electron chi connectivity index (χ4n) is 3.43. The van der Waals surface area contributed by atoms with E-state index in [4.69, 9.17) is 16.3 Å². The summed E-state index contributed by atoms with van der Waals surface area (Å²) in [6.07, 6.45) is 3.84. The summed E-state index contributed by atoms with van der Waals surface area (Å²) >= 11 is 6.10. The molecule has 1 aromatic heterocycles. The molecule has 2 heterocycles. The first kappa shape index (κ1) is 18.7. The largest absolute Gasteiger partial charge is 0.378 e. The molecule has 1 saturated heterocycles. The number of rotatable bonds is 4. The van der Waals surface area contributed by atoms with E-state index in [1.165, 1.54) is 0 Å². The molecule has 1 fully saturated rings. The van der Waals surface area contributed by atoms with Crippen molar-refractivity contribution < 1.29 is 9.53 Å². The van der Waals surface area contributed by atoms with Crippen LogP contribution < -0.4 is 0 Å². The second kappa shape index (κ2) is 8.17. The zero-order valence-corrected chi connectivity index (χ0v) is 16.5. The number of morpholine rings is 1. The fraction of sp³-hybridized carbons (Fsp3) is 0.273. The Balaban J connectivity index is 1.63. The molecule has 4 rings (SSSR count). The smallest absolute Gasteiger partial charge is 0.242 e. The van der Waals surface area contributed by atoms with E-state index in [0.717, 1.165) is 27.7 Å². The quantitative estimate of drug-likeness (QED) is 0.621. The molecule has 0 bridgehead atoms. The topological polar surface area (TPSA) is 46.8 Å². The third-order valence-electron chi connectivity index (χ3n) is 5.00. The van der Waals surface area contributed by atoms with Crippen LogP contribution in [-0.2, 0) is 16.1 Å². The zero-order valence-electron chi connectivity index (χ0n) is 15.8. The van der Waals surface area contributed by atoms with Crippen molar-refractivity contribution in [2.24, 2.45) is 4.99 Å². The number of nitrogens with zero attached hydrogens (tertiary/aromatic N) is 3. The molecule has 1 aliphatic rings. The summed E-state index contributed by atoms with van der Waals surface area (Å²) in [5.41, 5.74) is 3.90. The lowest BCUT2D eigenvalue weighted by molar-refractivity contribution is -0.135. The molecule has 0 aliphatic carbocycles. The molecule has 1 aliphatic heterocycles. The molecule has 3 aromatic rings. The van der Waals surface area contributed by atoms with Crippen LogP contribution in [0.25, 0.3) is 10.9 Å². The van der Waals surface area contributed by atoms with Gasteiger partial charge in [-0.1, -0.05) is 35.9 Å². The Morgan fingerprint density at radius 2 is 2.00 bits per heavy atom. The highest BCUT2D eigenvalue weighted by Gasteiger charge is 2.18. The SMILES string of the molecule is Cc1ccc(Cl)cc1N=Cc1cn(CC(=O)N2CCOCC2)c2ccccc12. The molecule has 1 amide bonds. The van der Waals surface area contributed by atoms with Gasteiger partial charge in [-0.05, 0) is 30.7 Å². The van der Waals surface area contributed by atoms with Crippen molar-refractivity contribution in [3.8, 4) is 0 Å². The molecule has 0 unspecified atom stereocenters. The first-order chi connectivity index (χ1) is 13.6. The third kappa shape index (κ3) is 3.96. The van der Waals surface area contributed by atoms with Crippen molar-refractivity contribution in [1.82, 2.24) is 9.47 Å². The van der Waals surface area contributed by atoms with E-state index in [1.807, 2.05) is 65.2 Å². The Bertz CT molecular complexity index is 1040. The fourth-order valence-corrected chi connectivity index (χ4v) is 3.59. The molecule has 28 heavy (non-hydrogen) atoms. The summed E-state index contributed by atoms with van der Waals surface area (Å²) in [7, 11) is 0. The van der Waals surface area contributed by atoms with Crippen molar-refractivity contribution >= 4 is 40.3 Å². The van der Waals surface area contributed by atoms with Crippen LogP contribution in [0.1, 0.15) is 11.1 Å². The minimum absolute atomic E-state index is 0.109. The molecule has 0 radical (unpaired) electrons. The van der Waals surface area contributed by atoms with E-state index < -0.39 is 0 Å². The normalized spacial score (nSPS) is 14.9. The molecule has 144 valence electrons. The number of hydrogen-bond acceptors (Lipinski definition) is 3. The summed E-state index contributed by atoms with van der Waals surface area (Å²) < 4.78 is 7.34. The maximum Gasteiger partial charge on any atom is 0.242 e. The number of hydrogen-bond donors (Lipinski definition) is 0. The Kier molecular flexibility index (Phi) is 5.46. The Labute approximate surface area is 169 Å². The first-order valence-corrected chi connectivity index (χ1v) is 9.73. The minimum Gasteiger partial charge on any atom is -0.378 e. The number of aromatic nitrogens is 1. The minimum atomic E-state index is 0.109. The van der Waals surface area contributed by atoms with Gasteiger partial charge >= 0.3 is 0 Å². The lowest BCUT2D eigenvalue weighted by Gasteiger charge is -2.27. The van der Waals surface area contributed by atoms with Gasteiger partial charge in [-0.2, -0.15) is 0 Å². The molecule has 0 N–H and O–H groups in total. The second-order valence-corrected chi connectivity index (χ2v) is 7.35. The van der Waals surface area contributed by atoms with Gasteiger partial charge in [0.2, 0.25) is 5.91 Å². The number of aliphatic imine (C=N–C) groups is 1. The molecule has 0 saturated carbocycles. The lowest BCUT2D eigenvalue weighted by Crippen LogP contribution is -2.42. The summed E-state index contributed by atoms with van der Waals surface area (Å²) in [6.45, 7) is 4.84. The van der Waals surface area contributed by atoms with E-state index >= 15 is 0 Å². The van der Waals surface area contributed by atoms with E-state index in [0.29, 0.717) is 37.9 Å². The predicted octanol–water partition coefficient (Wildman–Crippen LogP) is 4.21. The summed E-state index contributed by atoms with van der Waals surface area (Å²) in [5, 5.41) is 1.73. The number of halogens is 1. The Hall–Kier alpha value is -2.63. The van der Waals surface area contributed by atoms with Crippen molar-refractivity contribution in [1.29, 1.82) is 0 Å². The monoisotopic (exact) mass is 395 g/mol. The molecule has 2 aromatic carbocycles. The highest BCUT2D eigenvalue weighted by Crippen LogP contribution is 2.25. The molecular formula is C22H22ClN3O2. The number of amides is 1. The Morgan fingerprint density at radius 1 is 1.21 bits per heavy atom. The van der Waals surface area contributed by atoms with Gasteiger partial charge in [0.1, 0.15) is 6.54 Å². The van der Waals surface area contributed by atoms with E-state index in [2.05, 4.69) is 11.1 Å². The van der Waals surface area contributed by atoms with Crippen LogP contribution in [0, 0.1) is 6.92 Å². The number of para-hydroxylation sites is 1. The molecular weight excluding hydrogens is 374 g/mol. The van der Waals surface area contributed by atoms with Gasteiger partial charge in [-0.15, -0.1) is 0 Å². The zero-order chi connectivity index (χ0) is 19.5. The van der Waals surface area contributed by atoms with Crippen LogP contribution in [0.3, 0.4) is 0 Å². The van der Waals surface area contributed by atoms with Crippen LogP contribution >= 0.6 is 11.6 Å². The van der Waals surface area contributed by atoms with Crippen LogP contribution in [0.15, 0.2) is 53.7 Å². The van der Waals surface area contributed by atoms with Crippen LogP contribution in [-0.4, -0.2) is 47.9 Å². The molecule has 5 nitrogen and oxygen atoms in total. The van der Waals surface area contributed by atoms with Crippen LogP contribution in [0.4, 0.5) is 5.69 Å². The van der Waals surface area contributed by atoms with Gasteiger partial charge in [0.15, 0.2) is 0 Å². The van der Waals surface area contributed by atoms with Crippen molar-refractivity contribution in [3.05, 3.63) is 64.8 Å². The highest BCUT2D eigenvalue weighted by atomic mass is 35.5. The van der Waals surface area contributed by atoms with Crippen LogP contribution in [0.2, 0.25) is 5.02 Å². The lowest BCUT2D eigenvalue weighted by atomic mass is 10.2. The van der Waals surface area contributed by atoms with Gasteiger partial charge in [-0.25, -0.2) is 0 Å². The van der Waals surface area contributed by atoms with Gasteiger partial charge in [-0.3, -0.25) is 9.79 Å². The van der Waals surface area contributed by atoms with Crippen molar-refractivity contribution in [2.45, 2.75) is 13.5 Å². The number of benzene rings is 2. The molecule has 0 atom stereocenters. The number of carbonyl (C=O) groups excluding carboxylic acids is 1. The maximum atomic E-state index is 12.7. The van der Waals surface area contributed by atoms with Gasteiger partial charge in [0.05, 0.1) is 18.9 Å². The standard InChI is InChI=1S/C22H22ClN3O2/c1-16-6-7-18(23)12-20(16)24-13-17-14-26(21-5-3-2-4-19(17)21)15-22(27)25-8-10-28-11-9-25/h2-7,12-14H,8-11,15H2,1H3. The predicted molar refractivity (Wildman–Crippen MR) is 113 cm³/mol. The number of ether oxygens (including phenoxy) is 1. The second-order valence-electron chi connectivity index (χ2n) is 6.91. The third-order valence-corrected chi connectivity index (χ3v) is 5.24. The van der Waals surface area contributed by atoms with E-state index in [1.54, 1.807) is 0 Å². The summed E-state index contributed by atoms with van der Waals surface area (Å²) in [4.78, 5) is 19.2. The number of aryl methyl sites for hydroxylation is 1. The average Bonchev–Trinajstić information content (AvgIpc) is 3.07. The van der Waals surface area contributed by atoms with Crippen LogP contribution in [0.5, 0.6) is 0 Å². The maximum absolute atomic E-state index is 12.7. The van der Waals surface area contributed by atoms with Gasteiger partial charge in [0.25, 0.3) is 0 Å². The molecule has 6 heteroatoms. The molecule has 0 spiro atoms.